The molecule has 0 unspecified atom stereocenters. The number of nitrogens with one attached hydrogen (secondary N) is 2. The van der Waals surface area contributed by atoms with Crippen LogP contribution in [0.3, 0.4) is 0 Å². The predicted octanol–water partition coefficient (Wildman–Crippen LogP) is 1.55. The van der Waals surface area contributed by atoms with Crippen LogP contribution in [0.15, 0.2) is 55.2 Å². The van der Waals surface area contributed by atoms with Crippen LogP contribution in [0.1, 0.15) is 5.56 Å². The van der Waals surface area contributed by atoms with Crippen molar-refractivity contribution >= 4 is 6.03 Å². The van der Waals surface area contributed by atoms with Crippen LogP contribution in [0.25, 0.3) is 5.82 Å². The van der Waals surface area contributed by atoms with Gasteiger partial charge in [-0.2, -0.15) is 5.10 Å². The molecule has 0 saturated carbocycles. The van der Waals surface area contributed by atoms with Crippen LogP contribution in [0.5, 0.6) is 11.5 Å². The lowest BCUT2D eigenvalue weighted by molar-refractivity contribution is 0.236. The molecule has 27 heavy (non-hydrogen) atoms. The first-order chi connectivity index (χ1) is 13.3. The number of rotatable bonds is 8. The maximum atomic E-state index is 12.0. The smallest absolute Gasteiger partial charge is 0.315 e. The van der Waals surface area contributed by atoms with E-state index >= 15 is 0 Å². The highest BCUT2D eigenvalue weighted by Crippen LogP contribution is 2.16. The number of nitrogens with zero attached hydrogens (tertiary/aromatic N) is 4. The monoisotopic (exact) mass is 368 g/mol. The van der Waals surface area contributed by atoms with Crippen molar-refractivity contribution in [2.45, 2.75) is 6.54 Å². The van der Waals surface area contributed by atoms with Crippen LogP contribution in [0, 0.1) is 0 Å². The molecule has 2 amide bonds. The Morgan fingerprint density at radius 2 is 1.96 bits per heavy atom. The Morgan fingerprint density at radius 3 is 2.70 bits per heavy atom. The molecule has 0 fully saturated rings. The Bertz CT molecular complexity index is 852. The number of carbonyl (C=O) groups excluding carboxylic acids is 1. The van der Waals surface area contributed by atoms with E-state index in [0.717, 1.165) is 11.3 Å². The number of aromatic nitrogens is 4. The third-order valence-corrected chi connectivity index (χ3v) is 3.66. The lowest BCUT2D eigenvalue weighted by atomic mass is 10.2. The number of hydrogen-bond donors (Lipinski definition) is 2. The maximum absolute atomic E-state index is 12.0. The summed E-state index contributed by atoms with van der Waals surface area (Å²) in [5.74, 6) is 2.10. The molecule has 0 saturated heterocycles. The van der Waals surface area contributed by atoms with Crippen molar-refractivity contribution in [2.75, 3.05) is 20.3 Å². The molecule has 0 aliphatic heterocycles. The lowest BCUT2D eigenvalue weighted by Crippen LogP contribution is -2.37. The van der Waals surface area contributed by atoms with Gasteiger partial charge in [-0.05, 0) is 30.3 Å². The highest BCUT2D eigenvalue weighted by Gasteiger charge is 2.08. The lowest BCUT2D eigenvalue weighted by Gasteiger charge is -2.11. The number of hydrogen-bond acceptors (Lipinski definition) is 6. The first kappa shape index (κ1) is 18.2. The van der Waals surface area contributed by atoms with Gasteiger partial charge in [0.05, 0.1) is 13.7 Å². The average molecular weight is 368 g/mol. The van der Waals surface area contributed by atoms with Crippen molar-refractivity contribution in [1.82, 2.24) is 30.4 Å². The molecule has 2 N–H and O–H groups in total. The molecule has 0 radical (unpaired) electrons. The first-order valence-electron chi connectivity index (χ1n) is 8.33. The Kier molecular flexibility index (Phi) is 6.18. The average Bonchev–Trinajstić information content (AvgIpc) is 3.25. The topological polar surface area (TPSA) is 103 Å². The van der Waals surface area contributed by atoms with Crippen LogP contribution >= 0.6 is 0 Å². The largest absolute Gasteiger partial charge is 0.497 e. The number of urea groups is 1. The Morgan fingerprint density at radius 1 is 1.15 bits per heavy atom. The zero-order valence-electron chi connectivity index (χ0n) is 14.8. The second-order valence-electron chi connectivity index (χ2n) is 5.46. The number of carbonyl (C=O) groups is 1. The summed E-state index contributed by atoms with van der Waals surface area (Å²) < 4.78 is 12.2. The summed E-state index contributed by atoms with van der Waals surface area (Å²) in [7, 11) is 1.61. The fourth-order valence-corrected chi connectivity index (χ4v) is 2.34. The molecule has 3 aromatic rings. The Hall–Kier alpha value is -3.62. The minimum Gasteiger partial charge on any atom is -0.497 e. The Labute approximate surface area is 156 Å². The van der Waals surface area contributed by atoms with Gasteiger partial charge in [-0.15, -0.1) is 0 Å². The van der Waals surface area contributed by atoms with E-state index < -0.39 is 0 Å². The van der Waals surface area contributed by atoms with Gasteiger partial charge in [0.15, 0.2) is 5.82 Å². The van der Waals surface area contributed by atoms with E-state index in [4.69, 9.17) is 9.47 Å². The van der Waals surface area contributed by atoms with Crippen molar-refractivity contribution < 1.29 is 14.3 Å². The molecule has 0 aliphatic rings. The quantitative estimate of drug-likeness (QED) is 0.585. The molecule has 9 nitrogen and oxygen atoms in total. The van der Waals surface area contributed by atoms with Gasteiger partial charge >= 0.3 is 6.03 Å². The SMILES string of the molecule is COc1ccc(OCCNC(=O)NCc2cccnc2-n2cncn2)cc1. The molecule has 9 heteroatoms. The number of pyridine rings is 1. The zero-order valence-corrected chi connectivity index (χ0v) is 14.8. The number of amides is 2. The van der Waals surface area contributed by atoms with Gasteiger partial charge in [-0.3, -0.25) is 0 Å². The maximum Gasteiger partial charge on any atom is 0.315 e. The van der Waals surface area contributed by atoms with Crippen LogP contribution < -0.4 is 20.1 Å². The molecule has 0 aliphatic carbocycles. The first-order valence-corrected chi connectivity index (χ1v) is 8.33. The van der Waals surface area contributed by atoms with Crippen molar-refractivity contribution in [2.24, 2.45) is 0 Å². The van der Waals surface area contributed by atoms with E-state index in [-0.39, 0.29) is 6.03 Å². The second kappa shape index (κ2) is 9.18. The van der Waals surface area contributed by atoms with E-state index in [0.29, 0.717) is 31.3 Å². The summed E-state index contributed by atoms with van der Waals surface area (Å²) in [6.45, 7) is 1.05. The predicted molar refractivity (Wildman–Crippen MR) is 97.9 cm³/mol. The summed E-state index contributed by atoms with van der Waals surface area (Å²) in [5.41, 5.74) is 0.827. The number of ether oxygens (including phenoxy) is 2. The highest BCUT2D eigenvalue weighted by molar-refractivity contribution is 5.73. The minimum atomic E-state index is -0.290. The zero-order chi connectivity index (χ0) is 18.9. The summed E-state index contributed by atoms with van der Waals surface area (Å²) in [6, 6.07) is 10.6. The van der Waals surface area contributed by atoms with Crippen molar-refractivity contribution in [3.63, 3.8) is 0 Å². The molecule has 1 aromatic carbocycles. The van der Waals surface area contributed by atoms with Gasteiger partial charge in [-0.1, -0.05) is 6.07 Å². The molecule has 0 bridgehead atoms. The van der Waals surface area contributed by atoms with Gasteiger partial charge in [0.1, 0.15) is 30.8 Å². The summed E-state index contributed by atoms with van der Waals surface area (Å²) >= 11 is 0. The highest BCUT2D eigenvalue weighted by atomic mass is 16.5. The molecule has 140 valence electrons. The normalized spacial score (nSPS) is 10.3. The van der Waals surface area contributed by atoms with Crippen molar-refractivity contribution in [3.05, 3.63) is 60.8 Å². The Balaban J connectivity index is 1.41. The van der Waals surface area contributed by atoms with Gasteiger partial charge in [0.25, 0.3) is 0 Å². The molecule has 3 rings (SSSR count). The third kappa shape index (κ3) is 5.18. The van der Waals surface area contributed by atoms with Crippen LogP contribution in [0.2, 0.25) is 0 Å². The standard InChI is InChI=1S/C18H20N6O3/c1-26-15-4-6-16(7-5-15)27-10-9-21-18(25)22-11-14-3-2-8-20-17(14)24-13-19-12-23-24/h2-8,12-13H,9-11H2,1H3,(H2,21,22,25). The molecular weight excluding hydrogens is 348 g/mol. The van der Waals surface area contributed by atoms with E-state index in [2.05, 4.69) is 25.7 Å². The fraction of sp³-hybridized carbons (Fsp3) is 0.222. The second-order valence-corrected chi connectivity index (χ2v) is 5.46. The third-order valence-electron chi connectivity index (χ3n) is 3.66. The molecule has 2 aromatic heterocycles. The van der Waals surface area contributed by atoms with E-state index in [1.54, 1.807) is 30.4 Å². The fourth-order valence-electron chi connectivity index (χ4n) is 2.34. The molecule has 0 spiro atoms. The van der Waals surface area contributed by atoms with Gasteiger partial charge in [0.2, 0.25) is 0 Å². The summed E-state index contributed by atoms with van der Waals surface area (Å²) in [5, 5.41) is 9.60. The molecular formula is C18H20N6O3. The van der Waals surface area contributed by atoms with Crippen LogP contribution in [-0.4, -0.2) is 46.0 Å². The van der Waals surface area contributed by atoms with E-state index in [1.165, 1.54) is 6.33 Å². The van der Waals surface area contributed by atoms with Gasteiger partial charge < -0.3 is 20.1 Å². The molecule has 2 heterocycles. The van der Waals surface area contributed by atoms with Gasteiger partial charge in [0, 0.05) is 18.3 Å². The van der Waals surface area contributed by atoms with Crippen molar-refractivity contribution in [3.8, 4) is 17.3 Å². The van der Waals surface area contributed by atoms with Crippen LogP contribution in [-0.2, 0) is 6.54 Å². The van der Waals surface area contributed by atoms with Gasteiger partial charge in [-0.25, -0.2) is 19.4 Å². The van der Waals surface area contributed by atoms with Crippen molar-refractivity contribution in [1.29, 1.82) is 0 Å². The summed E-state index contributed by atoms with van der Waals surface area (Å²) in [4.78, 5) is 20.2. The summed E-state index contributed by atoms with van der Waals surface area (Å²) in [6.07, 6.45) is 4.65. The van der Waals surface area contributed by atoms with E-state index in [1.807, 2.05) is 30.3 Å². The minimum absolute atomic E-state index is 0.290. The molecule has 0 atom stereocenters. The number of benzene rings is 1. The van der Waals surface area contributed by atoms with Crippen LogP contribution in [0.4, 0.5) is 4.79 Å². The van der Waals surface area contributed by atoms with E-state index in [9.17, 15) is 4.79 Å². The number of methoxy groups -OCH3 is 1.